The summed E-state index contributed by atoms with van der Waals surface area (Å²) < 4.78 is 4.98. The van der Waals surface area contributed by atoms with Crippen molar-refractivity contribution in [1.29, 1.82) is 0 Å². The van der Waals surface area contributed by atoms with Gasteiger partial charge in [-0.25, -0.2) is 0 Å². The lowest BCUT2D eigenvalue weighted by Gasteiger charge is -2.09. The molecule has 0 fully saturated rings. The number of halogens is 1. The number of aliphatic hydroxyl groups is 1. The van der Waals surface area contributed by atoms with Crippen LogP contribution >= 0.6 is 11.6 Å². The molecule has 1 aromatic heterocycles. The molecule has 0 saturated heterocycles. The zero-order valence-electron chi connectivity index (χ0n) is 6.91. The Kier molecular flexibility index (Phi) is 2.89. The Labute approximate surface area is 76.0 Å². The lowest BCUT2D eigenvalue weighted by atomic mass is 10.2. The fraction of sp³-hybridized carbons (Fsp3) is 0.375. The standard InChI is InChI=1S/C8H10ClNO2/c1-5(11)8-7(12-2)3-6(9)4-10-8/h3-5,11H,1-2H3. The summed E-state index contributed by atoms with van der Waals surface area (Å²) in [6.07, 6.45) is 0.837. The average molecular weight is 188 g/mol. The highest BCUT2D eigenvalue weighted by molar-refractivity contribution is 6.30. The molecule has 0 aliphatic rings. The first-order chi connectivity index (χ1) is 5.65. The third kappa shape index (κ3) is 1.87. The summed E-state index contributed by atoms with van der Waals surface area (Å²) in [5.74, 6) is 0.512. The van der Waals surface area contributed by atoms with Crippen molar-refractivity contribution in [2.24, 2.45) is 0 Å². The zero-order valence-corrected chi connectivity index (χ0v) is 7.67. The first kappa shape index (κ1) is 9.29. The number of ether oxygens (including phenoxy) is 1. The number of aliphatic hydroxyl groups excluding tert-OH is 1. The quantitative estimate of drug-likeness (QED) is 0.768. The number of aromatic nitrogens is 1. The number of nitrogens with zero attached hydrogens (tertiary/aromatic N) is 1. The summed E-state index contributed by atoms with van der Waals surface area (Å²) in [6, 6.07) is 1.62. The minimum absolute atomic E-state index is 0.497. The molecule has 0 saturated carbocycles. The fourth-order valence-corrected chi connectivity index (χ4v) is 1.06. The van der Waals surface area contributed by atoms with Crippen molar-refractivity contribution in [2.75, 3.05) is 7.11 Å². The van der Waals surface area contributed by atoms with Crippen LogP contribution in [0.25, 0.3) is 0 Å². The van der Waals surface area contributed by atoms with Gasteiger partial charge in [-0.2, -0.15) is 0 Å². The molecule has 1 aromatic rings. The fourth-order valence-electron chi connectivity index (χ4n) is 0.909. The summed E-state index contributed by atoms with van der Waals surface area (Å²) in [7, 11) is 1.51. The zero-order chi connectivity index (χ0) is 9.14. The van der Waals surface area contributed by atoms with Crippen LogP contribution in [0.15, 0.2) is 12.3 Å². The Morgan fingerprint density at radius 2 is 2.33 bits per heavy atom. The predicted molar refractivity (Wildman–Crippen MR) is 46.4 cm³/mol. The Morgan fingerprint density at radius 1 is 1.67 bits per heavy atom. The van der Waals surface area contributed by atoms with E-state index in [4.69, 9.17) is 16.3 Å². The van der Waals surface area contributed by atoms with Crippen LogP contribution in [-0.4, -0.2) is 17.2 Å². The molecule has 1 unspecified atom stereocenters. The molecule has 3 nitrogen and oxygen atoms in total. The van der Waals surface area contributed by atoms with E-state index in [1.807, 2.05) is 0 Å². The molecule has 0 amide bonds. The van der Waals surface area contributed by atoms with Gasteiger partial charge in [0.2, 0.25) is 0 Å². The maximum absolute atomic E-state index is 9.24. The van der Waals surface area contributed by atoms with E-state index in [9.17, 15) is 5.11 Å². The Morgan fingerprint density at radius 3 is 2.83 bits per heavy atom. The van der Waals surface area contributed by atoms with E-state index in [2.05, 4.69) is 4.98 Å². The number of pyridine rings is 1. The van der Waals surface area contributed by atoms with Gasteiger partial charge < -0.3 is 9.84 Å². The normalized spacial score (nSPS) is 12.7. The minimum Gasteiger partial charge on any atom is -0.495 e. The lowest BCUT2D eigenvalue weighted by molar-refractivity contribution is 0.189. The second-order valence-corrected chi connectivity index (χ2v) is 2.85. The summed E-state index contributed by atoms with van der Waals surface area (Å²) in [4.78, 5) is 3.94. The van der Waals surface area contributed by atoms with Gasteiger partial charge in [-0.3, -0.25) is 4.98 Å². The molecule has 4 heteroatoms. The van der Waals surface area contributed by atoms with E-state index >= 15 is 0 Å². The predicted octanol–water partition coefficient (Wildman–Crippen LogP) is 1.80. The second kappa shape index (κ2) is 3.74. The monoisotopic (exact) mass is 187 g/mol. The van der Waals surface area contributed by atoms with Crippen LogP contribution in [0.1, 0.15) is 18.7 Å². The molecule has 1 atom stereocenters. The lowest BCUT2D eigenvalue weighted by Crippen LogP contribution is -1.99. The second-order valence-electron chi connectivity index (χ2n) is 2.42. The first-order valence-electron chi connectivity index (χ1n) is 3.52. The number of hydrogen-bond acceptors (Lipinski definition) is 3. The molecule has 0 aliphatic carbocycles. The van der Waals surface area contributed by atoms with E-state index in [1.165, 1.54) is 13.3 Å². The molecule has 12 heavy (non-hydrogen) atoms. The van der Waals surface area contributed by atoms with Gasteiger partial charge in [0, 0.05) is 12.3 Å². The average Bonchev–Trinajstić information content (AvgIpc) is 2.03. The van der Waals surface area contributed by atoms with Crippen molar-refractivity contribution >= 4 is 11.6 Å². The van der Waals surface area contributed by atoms with Crippen LogP contribution in [0, 0.1) is 0 Å². The van der Waals surface area contributed by atoms with Gasteiger partial charge in [0.25, 0.3) is 0 Å². The van der Waals surface area contributed by atoms with Crippen LogP contribution in [-0.2, 0) is 0 Å². The van der Waals surface area contributed by atoms with Gasteiger partial charge >= 0.3 is 0 Å². The van der Waals surface area contributed by atoms with Crippen molar-refractivity contribution in [1.82, 2.24) is 4.98 Å². The molecule has 1 heterocycles. The van der Waals surface area contributed by atoms with Crippen molar-refractivity contribution in [3.63, 3.8) is 0 Å². The third-order valence-electron chi connectivity index (χ3n) is 1.46. The van der Waals surface area contributed by atoms with Gasteiger partial charge in [-0.1, -0.05) is 11.6 Å². The number of methoxy groups -OCH3 is 1. The molecule has 1 rings (SSSR count). The highest BCUT2D eigenvalue weighted by Crippen LogP contribution is 2.25. The topological polar surface area (TPSA) is 42.4 Å². The van der Waals surface area contributed by atoms with Crippen molar-refractivity contribution < 1.29 is 9.84 Å². The van der Waals surface area contributed by atoms with Crippen LogP contribution in [0.3, 0.4) is 0 Å². The van der Waals surface area contributed by atoms with Crippen LogP contribution in [0.4, 0.5) is 0 Å². The van der Waals surface area contributed by atoms with E-state index in [0.717, 1.165) is 0 Å². The molecule has 0 spiro atoms. The highest BCUT2D eigenvalue weighted by atomic mass is 35.5. The molecule has 0 aromatic carbocycles. The summed E-state index contributed by atoms with van der Waals surface area (Å²) in [5, 5.41) is 9.74. The molecular formula is C8H10ClNO2. The summed E-state index contributed by atoms with van der Waals surface area (Å²) >= 11 is 5.68. The van der Waals surface area contributed by atoms with Gasteiger partial charge in [0.05, 0.1) is 18.2 Å². The van der Waals surface area contributed by atoms with Gasteiger partial charge in [0.15, 0.2) is 0 Å². The summed E-state index contributed by atoms with van der Waals surface area (Å²) in [5.41, 5.74) is 0.502. The van der Waals surface area contributed by atoms with Gasteiger partial charge in [-0.05, 0) is 6.92 Å². The smallest absolute Gasteiger partial charge is 0.144 e. The number of rotatable bonds is 2. The third-order valence-corrected chi connectivity index (χ3v) is 1.67. The Balaban J connectivity index is 3.11. The van der Waals surface area contributed by atoms with E-state index < -0.39 is 6.10 Å². The van der Waals surface area contributed by atoms with Gasteiger partial charge in [-0.15, -0.1) is 0 Å². The molecule has 0 radical (unpaired) electrons. The van der Waals surface area contributed by atoms with E-state index in [0.29, 0.717) is 16.5 Å². The largest absolute Gasteiger partial charge is 0.495 e. The molecule has 0 bridgehead atoms. The van der Waals surface area contributed by atoms with Crippen LogP contribution in [0.2, 0.25) is 5.02 Å². The first-order valence-corrected chi connectivity index (χ1v) is 3.90. The molecule has 66 valence electrons. The highest BCUT2D eigenvalue weighted by Gasteiger charge is 2.09. The van der Waals surface area contributed by atoms with Gasteiger partial charge in [0.1, 0.15) is 11.4 Å². The minimum atomic E-state index is -0.641. The van der Waals surface area contributed by atoms with Crippen molar-refractivity contribution in [3.8, 4) is 5.75 Å². The Hall–Kier alpha value is -0.800. The molecule has 0 aliphatic heterocycles. The van der Waals surface area contributed by atoms with E-state index in [-0.39, 0.29) is 0 Å². The number of hydrogen-bond donors (Lipinski definition) is 1. The molecular weight excluding hydrogens is 178 g/mol. The van der Waals surface area contributed by atoms with Crippen molar-refractivity contribution in [3.05, 3.63) is 23.0 Å². The van der Waals surface area contributed by atoms with Crippen LogP contribution in [0.5, 0.6) is 5.75 Å². The SMILES string of the molecule is COc1cc(Cl)cnc1C(C)O. The molecule has 1 N–H and O–H groups in total. The maximum atomic E-state index is 9.24. The Bertz CT molecular complexity index is 276. The van der Waals surface area contributed by atoms with Crippen LogP contribution < -0.4 is 4.74 Å². The van der Waals surface area contributed by atoms with E-state index in [1.54, 1.807) is 13.0 Å². The van der Waals surface area contributed by atoms with Crippen molar-refractivity contribution in [2.45, 2.75) is 13.0 Å². The maximum Gasteiger partial charge on any atom is 0.144 e. The summed E-state index contributed by atoms with van der Waals surface area (Å²) in [6.45, 7) is 1.62.